The number of nitrogens with zero attached hydrogens (tertiary/aromatic N) is 4. The highest BCUT2D eigenvalue weighted by Gasteiger charge is 2.42. The van der Waals surface area contributed by atoms with Crippen molar-refractivity contribution < 1.29 is 19.0 Å². The first-order valence-electron chi connectivity index (χ1n) is 17.2. The largest absolute Gasteiger partial charge is 0.480 e. The highest BCUT2D eigenvalue weighted by atomic mass is 19.1. The zero-order chi connectivity index (χ0) is 32.8. The van der Waals surface area contributed by atoms with Gasteiger partial charge in [0.15, 0.2) is 0 Å². The molecule has 0 amide bonds. The van der Waals surface area contributed by atoms with Crippen LogP contribution in [-0.2, 0) is 22.5 Å². The average molecular weight is 633 g/mol. The van der Waals surface area contributed by atoms with E-state index < -0.39 is 12.0 Å². The summed E-state index contributed by atoms with van der Waals surface area (Å²) in [6, 6.07) is 8.97. The smallest absolute Gasteiger partial charge is 0.321 e. The number of hydrogen-bond acceptors (Lipinski definition) is 5. The summed E-state index contributed by atoms with van der Waals surface area (Å²) in [4.78, 5) is 16.8. The standard InChI is InChI=1S/C38H53FN4O3/c1-6-9-27(18-28-14-17-46-25-28)19-33-22-36(43(7-2)40-33)29-12-15-42(16-13-29)24-31-21-34(41(5)37(26(3)4)38(44)45)23-35(31)30-10-8-11-32(39)20-30/h6,8-11,18,20,22,26,29,31,34-35,37H,1,7,12-17,19,21,23-25H2,2-5H3,(H,44,45)/b27-9+,28-18-/t31-,34+,35-,37-/m1/s1. The predicted molar refractivity (Wildman–Crippen MR) is 181 cm³/mol. The fraction of sp³-hybridized carbons (Fsp3) is 0.579. The van der Waals surface area contributed by atoms with Crippen LogP contribution >= 0.6 is 0 Å². The van der Waals surface area contributed by atoms with Crippen molar-refractivity contribution in [1.82, 2.24) is 19.6 Å². The van der Waals surface area contributed by atoms with Crippen molar-refractivity contribution in [3.05, 3.63) is 89.1 Å². The molecule has 7 nitrogen and oxygen atoms in total. The Morgan fingerprint density at radius 1 is 1.24 bits per heavy atom. The van der Waals surface area contributed by atoms with Gasteiger partial charge in [-0.05, 0) is 112 Å². The quantitative estimate of drug-likeness (QED) is 0.244. The van der Waals surface area contributed by atoms with Gasteiger partial charge in [0.05, 0.1) is 18.9 Å². The minimum atomic E-state index is -0.770. The van der Waals surface area contributed by atoms with Gasteiger partial charge in [0.25, 0.3) is 0 Å². The number of allylic oxidation sites excluding steroid dienone is 4. The van der Waals surface area contributed by atoms with Crippen LogP contribution in [0.2, 0.25) is 0 Å². The monoisotopic (exact) mass is 632 g/mol. The number of carbonyl (C=O) groups is 1. The van der Waals surface area contributed by atoms with Gasteiger partial charge in [0.2, 0.25) is 0 Å². The molecule has 8 heteroatoms. The van der Waals surface area contributed by atoms with E-state index in [-0.39, 0.29) is 23.7 Å². The number of carboxylic acids is 1. The molecule has 4 atom stereocenters. The molecular formula is C38H53FN4O3. The summed E-state index contributed by atoms with van der Waals surface area (Å²) in [5.41, 5.74) is 6.02. The van der Waals surface area contributed by atoms with Gasteiger partial charge in [-0.25, -0.2) is 4.39 Å². The summed E-state index contributed by atoms with van der Waals surface area (Å²) in [6.07, 6.45) is 11.9. The Balaban J connectivity index is 1.25. The van der Waals surface area contributed by atoms with Gasteiger partial charge >= 0.3 is 5.97 Å². The molecule has 3 fully saturated rings. The van der Waals surface area contributed by atoms with E-state index in [1.165, 1.54) is 22.9 Å². The molecule has 2 aliphatic heterocycles. The van der Waals surface area contributed by atoms with E-state index >= 15 is 0 Å². The summed E-state index contributed by atoms with van der Waals surface area (Å²) in [5.74, 6) is 0.0455. The molecule has 3 aliphatic rings. The number of ether oxygens (including phenoxy) is 1. The number of aromatic nitrogens is 2. The SMILES string of the molecule is C=C/C=C(\C=C1\CCOC1)Cc1cc(C2CCN(C[C@H]3C[C@H](N(C)[C@@H](C(=O)O)C(C)C)C[C@@H]3c3cccc(F)c3)CC2)n(CC)n1. The summed E-state index contributed by atoms with van der Waals surface area (Å²) in [6.45, 7) is 15.4. The first kappa shape index (κ1) is 34.3. The lowest BCUT2D eigenvalue weighted by atomic mass is 9.87. The zero-order valence-corrected chi connectivity index (χ0v) is 28.2. The number of aliphatic carboxylic acids is 1. The van der Waals surface area contributed by atoms with Crippen LogP contribution in [0, 0.1) is 17.7 Å². The molecule has 250 valence electrons. The predicted octanol–water partition coefficient (Wildman–Crippen LogP) is 6.83. The van der Waals surface area contributed by atoms with Crippen molar-refractivity contribution in [3.63, 3.8) is 0 Å². The second-order valence-electron chi connectivity index (χ2n) is 13.9. The molecule has 46 heavy (non-hydrogen) atoms. The molecular weight excluding hydrogens is 579 g/mol. The molecule has 1 aliphatic carbocycles. The molecule has 1 aromatic carbocycles. The lowest BCUT2D eigenvalue weighted by Crippen LogP contribution is -2.47. The Hall–Kier alpha value is -3.07. The number of carboxylic acid groups (broad SMARTS) is 1. The topological polar surface area (TPSA) is 70.8 Å². The van der Waals surface area contributed by atoms with E-state index in [2.05, 4.69) is 46.2 Å². The summed E-state index contributed by atoms with van der Waals surface area (Å²) >= 11 is 0. The number of hydrogen-bond donors (Lipinski definition) is 1. The van der Waals surface area contributed by atoms with Crippen LogP contribution in [0.1, 0.15) is 81.7 Å². The summed E-state index contributed by atoms with van der Waals surface area (Å²) < 4.78 is 22.1. The van der Waals surface area contributed by atoms with Gasteiger partial charge < -0.3 is 14.7 Å². The first-order valence-corrected chi connectivity index (χ1v) is 17.2. The van der Waals surface area contributed by atoms with Crippen LogP contribution in [0.25, 0.3) is 0 Å². The Morgan fingerprint density at radius 2 is 2.02 bits per heavy atom. The van der Waals surface area contributed by atoms with Crippen LogP contribution in [0.4, 0.5) is 4.39 Å². The Morgan fingerprint density at radius 3 is 2.65 bits per heavy atom. The number of piperidine rings is 1. The molecule has 5 rings (SSSR count). The number of benzene rings is 1. The van der Waals surface area contributed by atoms with Gasteiger partial charge in [-0.1, -0.05) is 50.8 Å². The van der Waals surface area contributed by atoms with Gasteiger partial charge in [-0.2, -0.15) is 5.10 Å². The minimum absolute atomic E-state index is 0.00814. The molecule has 2 saturated heterocycles. The van der Waals surface area contributed by atoms with Crippen LogP contribution in [-0.4, -0.2) is 82.6 Å². The molecule has 0 unspecified atom stereocenters. The lowest BCUT2D eigenvalue weighted by Gasteiger charge is -2.35. The summed E-state index contributed by atoms with van der Waals surface area (Å²) in [7, 11) is 1.96. The van der Waals surface area contributed by atoms with Crippen molar-refractivity contribution in [2.75, 3.05) is 39.9 Å². The maximum absolute atomic E-state index is 14.3. The number of rotatable bonds is 13. The van der Waals surface area contributed by atoms with Crippen LogP contribution < -0.4 is 0 Å². The molecule has 1 N–H and O–H groups in total. The second-order valence-corrected chi connectivity index (χ2v) is 13.9. The molecule has 0 bridgehead atoms. The van der Waals surface area contributed by atoms with Gasteiger partial charge in [-0.15, -0.1) is 0 Å². The van der Waals surface area contributed by atoms with Crippen LogP contribution in [0.15, 0.2) is 66.3 Å². The van der Waals surface area contributed by atoms with Gasteiger partial charge in [0, 0.05) is 37.2 Å². The fourth-order valence-corrected chi connectivity index (χ4v) is 8.20. The average Bonchev–Trinajstić information content (AvgIpc) is 3.78. The van der Waals surface area contributed by atoms with Crippen molar-refractivity contribution in [2.45, 2.75) is 89.8 Å². The lowest BCUT2D eigenvalue weighted by molar-refractivity contribution is -0.145. The van der Waals surface area contributed by atoms with Crippen molar-refractivity contribution >= 4 is 5.97 Å². The van der Waals surface area contributed by atoms with Gasteiger partial charge in [-0.3, -0.25) is 14.4 Å². The Labute approximate surface area is 274 Å². The maximum atomic E-state index is 14.3. The molecule has 0 spiro atoms. The van der Waals surface area contributed by atoms with Crippen molar-refractivity contribution in [3.8, 4) is 0 Å². The molecule has 1 aromatic heterocycles. The molecule has 2 aromatic rings. The second kappa shape index (κ2) is 15.7. The van der Waals surface area contributed by atoms with Gasteiger partial charge in [0.1, 0.15) is 11.9 Å². The van der Waals surface area contributed by atoms with Crippen molar-refractivity contribution in [2.24, 2.45) is 11.8 Å². The zero-order valence-electron chi connectivity index (χ0n) is 28.2. The third-order valence-corrected chi connectivity index (χ3v) is 10.5. The van der Waals surface area contributed by atoms with Crippen molar-refractivity contribution in [1.29, 1.82) is 0 Å². The number of likely N-dealkylation sites (tertiary alicyclic amines) is 1. The third-order valence-electron chi connectivity index (χ3n) is 10.5. The maximum Gasteiger partial charge on any atom is 0.321 e. The number of likely N-dealkylation sites (N-methyl/N-ethyl adjacent to an activating group) is 1. The van der Waals surface area contributed by atoms with Crippen LogP contribution in [0.5, 0.6) is 0 Å². The van der Waals surface area contributed by atoms with E-state index in [4.69, 9.17) is 9.84 Å². The first-order chi connectivity index (χ1) is 22.2. The fourth-order valence-electron chi connectivity index (χ4n) is 8.20. The number of aryl methyl sites for hydroxylation is 1. The highest BCUT2D eigenvalue weighted by Crippen LogP contribution is 2.43. The normalized spacial score (nSPS) is 24.8. The molecule has 1 saturated carbocycles. The van der Waals surface area contributed by atoms with E-state index in [1.807, 2.05) is 33.0 Å². The molecule has 3 heterocycles. The minimum Gasteiger partial charge on any atom is -0.480 e. The molecule has 0 radical (unpaired) electrons. The summed E-state index contributed by atoms with van der Waals surface area (Å²) in [5, 5.41) is 15.0. The Bertz CT molecular complexity index is 1400. The third kappa shape index (κ3) is 8.25. The number of halogens is 1. The van der Waals surface area contributed by atoms with E-state index in [1.54, 1.807) is 12.1 Å². The highest BCUT2D eigenvalue weighted by molar-refractivity contribution is 5.73. The Kier molecular flexibility index (Phi) is 11.7. The van der Waals surface area contributed by atoms with E-state index in [0.29, 0.717) is 18.4 Å². The van der Waals surface area contributed by atoms with Crippen LogP contribution in [0.3, 0.4) is 0 Å². The van der Waals surface area contributed by atoms with E-state index in [9.17, 15) is 14.3 Å². The van der Waals surface area contributed by atoms with E-state index in [0.717, 1.165) is 82.6 Å².